The van der Waals surface area contributed by atoms with E-state index in [9.17, 15) is 31.5 Å². The number of aryl methyl sites for hydroxylation is 1. The first-order valence-electron chi connectivity index (χ1n) is 12.9. The molecule has 218 valence electrons. The van der Waals surface area contributed by atoms with E-state index in [2.05, 4.69) is 0 Å². The molecule has 0 spiro atoms. The number of sulfonamides is 1. The van der Waals surface area contributed by atoms with E-state index in [1.54, 1.807) is 13.8 Å². The highest BCUT2D eigenvalue weighted by atomic mass is 32.2. The van der Waals surface area contributed by atoms with Crippen molar-refractivity contribution in [1.29, 1.82) is 0 Å². The van der Waals surface area contributed by atoms with Crippen molar-refractivity contribution < 1.29 is 36.2 Å². The van der Waals surface area contributed by atoms with Gasteiger partial charge in [-0.2, -0.15) is 13.2 Å². The maximum absolute atomic E-state index is 14.3. The van der Waals surface area contributed by atoms with Gasteiger partial charge < -0.3 is 19.3 Å². The van der Waals surface area contributed by atoms with Crippen LogP contribution in [0.15, 0.2) is 48.5 Å². The van der Waals surface area contributed by atoms with E-state index in [1.807, 2.05) is 60.1 Å². The molecule has 3 atom stereocenters. The molecule has 1 aliphatic heterocycles. The Bertz CT molecular complexity index is 1490. The van der Waals surface area contributed by atoms with E-state index in [0.717, 1.165) is 29.1 Å². The summed E-state index contributed by atoms with van der Waals surface area (Å²) >= 11 is 0. The van der Waals surface area contributed by atoms with Crippen molar-refractivity contribution in [3.8, 4) is 11.1 Å². The summed E-state index contributed by atoms with van der Waals surface area (Å²) in [5.74, 6) is -2.80. The molecule has 0 radical (unpaired) electrons. The number of aliphatic hydroxyl groups excluding tert-OH is 1. The zero-order valence-corrected chi connectivity index (χ0v) is 23.7. The van der Waals surface area contributed by atoms with Gasteiger partial charge in [0.1, 0.15) is 5.69 Å². The Balaban J connectivity index is 1.84. The minimum atomic E-state index is -4.89. The number of aromatic nitrogens is 1. The molecule has 1 N–H and O–H groups in total. The van der Waals surface area contributed by atoms with E-state index < -0.39 is 40.0 Å². The van der Waals surface area contributed by atoms with Crippen molar-refractivity contribution in [3.63, 3.8) is 0 Å². The van der Waals surface area contributed by atoms with Crippen molar-refractivity contribution in [2.24, 2.45) is 13.0 Å². The number of para-hydroxylation sites is 1. The number of carbonyl (C=O) groups excluding carboxylic acids is 1. The molecule has 3 aromatic rings. The van der Waals surface area contributed by atoms with E-state index in [1.165, 1.54) is 4.90 Å². The lowest BCUT2D eigenvalue weighted by molar-refractivity contribution is -0.107. The lowest BCUT2D eigenvalue weighted by atomic mass is 9.96. The third-order valence-corrected chi connectivity index (χ3v) is 9.27. The van der Waals surface area contributed by atoms with E-state index in [-0.39, 0.29) is 32.2 Å². The number of carbonyl (C=O) groups is 1. The zero-order valence-electron chi connectivity index (χ0n) is 22.9. The number of aliphatic hydroxyl groups is 1. The molecule has 1 aromatic heterocycles. The van der Waals surface area contributed by atoms with Crippen molar-refractivity contribution in [2.45, 2.75) is 38.8 Å². The van der Waals surface area contributed by atoms with Crippen LogP contribution >= 0.6 is 0 Å². The summed E-state index contributed by atoms with van der Waals surface area (Å²) in [4.78, 5) is 15.8. The van der Waals surface area contributed by atoms with Gasteiger partial charge in [0, 0.05) is 49.6 Å². The minimum absolute atomic E-state index is 0.0464. The van der Waals surface area contributed by atoms with Gasteiger partial charge in [-0.1, -0.05) is 49.4 Å². The normalized spacial score (nSPS) is 19.8. The fraction of sp³-hybridized carbons (Fsp3) is 0.464. The SMILES string of the molecule is C[C@H](CO)N1C[C@H](C)[C@@H](CN(C)S(=O)(=O)CC(F)(F)F)OCc2ccccc2-c2c(n(C)c3ccccc23)C1=O. The second-order valence-corrected chi connectivity index (χ2v) is 12.5. The summed E-state index contributed by atoms with van der Waals surface area (Å²) in [6.07, 6.45) is -5.73. The number of likely N-dealkylation sites (N-methyl/N-ethyl adjacent to an activating group) is 1. The molecule has 0 unspecified atom stereocenters. The minimum Gasteiger partial charge on any atom is -0.394 e. The summed E-state index contributed by atoms with van der Waals surface area (Å²) < 4.78 is 72.5. The summed E-state index contributed by atoms with van der Waals surface area (Å²) in [6, 6.07) is 14.5. The van der Waals surface area contributed by atoms with Crippen LogP contribution in [0.1, 0.15) is 29.9 Å². The van der Waals surface area contributed by atoms with Gasteiger partial charge in [-0.15, -0.1) is 0 Å². The van der Waals surface area contributed by atoms with Crippen LogP contribution in [0.5, 0.6) is 0 Å². The molecule has 1 amide bonds. The third kappa shape index (κ3) is 6.04. The number of ether oxygens (including phenoxy) is 1. The molecule has 4 rings (SSSR count). The second kappa shape index (κ2) is 11.5. The Morgan fingerprint density at radius 1 is 1.15 bits per heavy atom. The molecular weight excluding hydrogens is 547 g/mol. The number of hydrogen-bond donors (Lipinski definition) is 1. The first-order valence-corrected chi connectivity index (χ1v) is 14.6. The third-order valence-electron chi connectivity index (χ3n) is 7.48. The predicted molar refractivity (Wildman–Crippen MR) is 146 cm³/mol. The van der Waals surface area contributed by atoms with Crippen LogP contribution in [0.4, 0.5) is 13.2 Å². The Morgan fingerprint density at radius 3 is 2.48 bits per heavy atom. The Labute approximate surface area is 232 Å². The summed E-state index contributed by atoms with van der Waals surface area (Å²) in [5.41, 5.74) is 3.51. The molecule has 0 saturated carbocycles. The van der Waals surface area contributed by atoms with E-state index in [0.29, 0.717) is 15.6 Å². The van der Waals surface area contributed by atoms with Gasteiger partial charge in [0.05, 0.1) is 25.4 Å². The van der Waals surface area contributed by atoms with Gasteiger partial charge in [-0.3, -0.25) is 4.79 Å². The monoisotopic (exact) mass is 581 g/mol. The van der Waals surface area contributed by atoms with Crippen LogP contribution in [-0.4, -0.2) is 84.0 Å². The van der Waals surface area contributed by atoms with E-state index in [4.69, 9.17) is 4.74 Å². The number of benzene rings is 2. The van der Waals surface area contributed by atoms with Crippen LogP contribution in [0.25, 0.3) is 22.0 Å². The number of hydrogen-bond acceptors (Lipinski definition) is 5. The van der Waals surface area contributed by atoms with Crippen LogP contribution in [0.3, 0.4) is 0 Å². The number of amides is 1. The van der Waals surface area contributed by atoms with Gasteiger partial charge in [-0.05, 0) is 24.1 Å². The number of alkyl halides is 3. The molecular formula is C28H34F3N3O5S. The molecule has 40 heavy (non-hydrogen) atoms. The van der Waals surface area contributed by atoms with Crippen molar-refractivity contribution in [1.82, 2.24) is 13.8 Å². The fourth-order valence-corrected chi connectivity index (χ4v) is 6.22. The molecule has 0 aliphatic carbocycles. The van der Waals surface area contributed by atoms with E-state index >= 15 is 0 Å². The highest BCUT2D eigenvalue weighted by Gasteiger charge is 2.39. The maximum Gasteiger partial charge on any atom is 0.404 e. The largest absolute Gasteiger partial charge is 0.404 e. The first-order chi connectivity index (χ1) is 18.7. The molecule has 12 heteroatoms. The zero-order chi connectivity index (χ0) is 29.4. The second-order valence-electron chi connectivity index (χ2n) is 10.4. The van der Waals surface area contributed by atoms with Crippen LogP contribution in [0, 0.1) is 5.92 Å². The Morgan fingerprint density at radius 2 is 1.80 bits per heavy atom. The fourth-order valence-electron chi connectivity index (χ4n) is 5.21. The Hall–Kier alpha value is -2.93. The summed E-state index contributed by atoms with van der Waals surface area (Å²) in [7, 11) is -1.74. The average Bonchev–Trinajstić information content (AvgIpc) is 3.18. The topological polar surface area (TPSA) is 92.1 Å². The van der Waals surface area contributed by atoms with Crippen molar-refractivity contribution in [2.75, 3.05) is 32.5 Å². The molecule has 2 heterocycles. The van der Waals surface area contributed by atoms with Crippen LogP contribution in [0.2, 0.25) is 0 Å². The van der Waals surface area contributed by atoms with Crippen LogP contribution < -0.4 is 0 Å². The lowest BCUT2D eigenvalue weighted by Gasteiger charge is -2.35. The molecule has 0 bridgehead atoms. The smallest absolute Gasteiger partial charge is 0.394 e. The van der Waals surface area contributed by atoms with Gasteiger partial charge in [0.25, 0.3) is 5.91 Å². The number of halogens is 3. The molecule has 0 fully saturated rings. The summed E-state index contributed by atoms with van der Waals surface area (Å²) in [5, 5.41) is 10.9. The predicted octanol–water partition coefficient (Wildman–Crippen LogP) is 4.03. The highest BCUT2D eigenvalue weighted by molar-refractivity contribution is 7.89. The molecule has 0 saturated heterocycles. The highest BCUT2D eigenvalue weighted by Crippen LogP contribution is 2.38. The number of nitrogens with zero attached hydrogens (tertiary/aromatic N) is 3. The van der Waals surface area contributed by atoms with Crippen LogP contribution in [-0.2, 0) is 28.4 Å². The van der Waals surface area contributed by atoms with Gasteiger partial charge >= 0.3 is 6.18 Å². The van der Waals surface area contributed by atoms with Gasteiger partial charge in [-0.25, -0.2) is 12.7 Å². The summed E-state index contributed by atoms with van der Waals surface area (Å²) in [6.45, 7) is 2.93. The Kier molecular flexibility index (Phi) is 8.65. The van der Waals surface area contributed by atoms with Crippen molar-refractivity contribution in [3.05, 3.63) is 59.8 Å². The first kappa shape index (κ1) is 30.0. The van der Waals surface area contributed by atoms with Gasteiger partial charge in [0.15, 0.2) is 5.75 Å². The number of fused-ring (bicyclic) bond motifs is 5. The standard InChI is InChI=1S/C28H34F3N3O5S/c1-18-13-34(19(2)15-35)27(36)26-25(22-11-7-8-12-23(22)33(26)4)21-10-6-5-9-20(21)16-39-24(18)14-32(3)40(37,38)17-28(29,30)31/h5-12,18-19,24,35H,13-17H2,1-4H3/t18-,19+,24+/m0/s1. The quantitative estimate of drug-likeness (QED) is 0.475. The van der Waals surface area contributed by atoms with Crippen molar-refractivity contribution >= 4 is 26.8 Å². The maximum atomic E-state index is 14.3. The molecule has 8 nitrogen and oxygen atoms in total. The molecule has 1 aliphatic rings. The lowest BCUT2D eigenvalue weighted by Crippen LogP contribution is -2.48. The number of rotatable bonds is 6. The molecule has 2 aromatic carbocycles. The average molecular weight is 582 g/mol. The van der Waals surface area contributed by atoms with Gasteiger partial charge in [0.2, 0.25) is 10.0 Å².